The third-order valence-corrected chi connectivity index (χ3v) is 6.19. The Balaban J connectivity index is 2.17. The van der Waals surface area contributed by atoms with Gasteiger partial charge in [0.15, 0.2) is 0 Å². The van der Waals surface area contributed by atoms with E-state index in [1.807, 2.05) is 87.2 Å². The minimum Gasteiger partial charge on any atom is -0.387 e. The van der Waals surface area contributed by atoms with E-state index < -0.39 is 6.10 Å². The predicted molar refractivity (Wildman–Crippen MR) is 136 cm³/mol. The quantitative estimate of drug-likeness (QED) is 0.468. The fraction of sp³-hybridized carbons (Fsp3) is 0.429. The zero-order valence-corrected chi connectivity index (χ0v) is 20.7. The Bertz CT molecular complexity index is 1070. The molecular formula is C28H37N3O2. The van der Waals surface area contributed by atoms with Crippen LogP contribution < -0.4 is 0 Å². The maximum absolute atomic E-state index is 13.8. The normalized spacial score (nSPS) is 12.7. The smallest absolute Gasteiger partial charge is 0.255 e. The second kappa shape index (κ2) is 10.9. The van der Waals surface area contributed by atoms with Gasteiger partial charge in [-0.3, -0.25) is 4.79 Å². The number of nitrogens with zero attached hydrogens (tertiary/aromatic N) is 3. The standard InChI is InChI=1S/C28H37N3O2/c1-7-30(8-2)18-27(32)22-14-15-25-23(16-22)24(28(33)31(19(3)4)20(5)6)17-26(29-25)21-12-10-9-11-13-21/h9-17,19-20,27,32H,7-8,18H2,1-6H3. The average Bonchev–Trinajstić information content (AvgIpc) is 2.81. The Kier molecular flexibility index (Phi) is 8.22. The van der Waals surface area contributed by atoms with Crippen molar-refractivity contribution < 1.29 is 9.90 Å². The number of rotatable bonds is 9. The summed E-state index contributed by atoms with van der Waals surface area (Å²) in [6, 6.07) is 17.8. The first kappa shape index (κ1) is 24.9. The molecule has 0 saturated carbocycles. The highest BCUT2D eigenvalue weighted by atomic mass is 16.3. The fourth-order valence-corrected chi connectivity index (χ4v) is 4.42. The maximum Gasteiger partial charge on any atom is 0.255 e. The summed E-state index contributed by atoms with van der Waals surface area (Å²) in [5.74, 6) is -0.0139. The van der Waals surface area contributed by atoms with Crippen LogP contribution in [0.3, 0.4) is 0 Å². The molecule has 33 heavy (non-hydrogen) atoms. The van der Waals surface area contributed by atoms with E-state index in [0.717, 1.165) is 40.8 Å². The number of aliphatic hydroxyl groups is 1. The first-order valence-electron chi connectivity index (χ1n) is 12.0. The number of aromatic nitrogens is 1. The molecule has 5 heteroatoms. The lowest BCUT2D eigenvalue weighted by Crippen LogP contribution is -2.42. The molecule has 5 nitrogen and oxygen atoms in total. The van der Waals surface area contributed by atoms with Gasteiger partial charge in [0.25, 0.3) is 5.91 Å². The maximum atomic E-state index is 13.8. The van der Waals surface area contributed by atoms with Crippen LogP contribution in [0.4, 0.5) is 0 Å². The summed E-state index contributed by atoms with van der Waals surface area (Å²) in [4.78, 5) is 22.8. The summed E-state index contributed by atoms with van der Waals surface area (Å²) in [5, 5.41) is 11.7. The number of fused-ring (bicyclic) bond motifs is 1. The largest absolute Gasteiger partial charge is 0.387 e. The van der Waals surface area contributed by atoms with Crippen molar-refractivity contribution in [3.63, 3.8) is 0 Å². The van der Waals surface area contributed by atoms with Crippen molar-refractivity contribution in [2.45, 2.75) is 59.7 Å². The van der Waals surface area contributed by atoms with Crippen molar-refractivity contribution in [3.05, 3.63) is 65.7 Å². The van der Waals surface area contributed by atoms with Crippen LogP contribution in [0.2, 0.25) is 0 Å². The summed E-state index contributed by atoms with van der Waals surface area (Å²) in [6.45, 7) is 14.7. The van der Waals surface area contributed by atoms with E-state index in [1.165, 1.54) is 0 Å². The molecular weight excluding hydrogens is 410 g/mol. The second-order valence-corrected chi connectivity index (χ2v) is 9.10. The lowest BCUT2D eigenvalue weighted by Gasteiger charge is -2.31. The van der Waals surface area contributed by atoms with Crippen LogP contribution in [0, 0.1) is 0 Å². The molecule has 0 aliphatic carbocycles. The van der Waals surface area contributed by atoms with Crippen LogP contribution in [0.25, 0.3) is 22.2 Å². The molecule has 0 fully saturated rings. The zero-order valence-electron chi connectivity index (χ0n) is 20.7. The van der Waals surface area contributed by atoms with Crippen LogP contribution in [0.5, 0.6) is 0 Å². The lowest BCUT2D eigenvalue weighted by molar-refractivity contribution is 0.0645. The van der Waals surface area contributed by atoms with E-state index in [4.69, 9.17) is 4.98 Å². The van der Waals surface area contributed by atoms with Crippen molar-refractivity contribution in [1.29, 1.82) is 0 Å². The van der Waals surface area contributed by atoms with Gasteiger partial charge < -0.3 is 14.9 Å². The zero-order chi connectivity index (χ0) is 24.1. The Labute approximate surface area is 198 Å². The molecule has 1 aromatic heterocycles. The number of carbonyl (C=O) groups excluding carboxylic acids is 1. The number of aliphatic hydroxyl groups excluding tert-OH is 1. The third kappa shape index (κ3) is 5.60. The van der Waals surface area contributed by atoms with Gasteiger partial charge in [0.1, 0.15) is 0 Å². The van der Waals surface area contributed by atoms with Crippen LogP contribution >= 0.6 is 0 Å². The summed E-state index contributed by atoms with van der Waals surface area (Å²) in [6.07, 6.45) is -0.627. The van der Waals surface area contributed by atoms with E-state index in [2.05, 4.69) is 18.7 Å². The summed E-state index contributed by atoms with van der Waals surface area (Å²) < 4.78 is 0. The molecule has 0 aliphatic rings. The van der Waals surface area contributed by atoms with E-state index in [9.17, 15) is 9.90 Å². The third-order valence-electron chi connectivity index (χ3n) is 6.19. The average molecular weight is 448 g/mol. The molecule has 0 aliphatic heterocycles. The van der Waals surface area contributed by atoms with Gasteiger partial charge in [-0.05, 0) is 64.5 Å². The number of benzene rings is 2. The SMILES string of the molecule is CCN(CC)CC(O)c1ccc2nc(-c3ccccc3)cc(C(=O)N(C(C)C)C(C)C)c2c1. The van der Waals surface area contributed by atoms with Gasteiger partial charge in [-0.15, -0.1) is 0 Å². The van der Waals surface area contributed by atoms with Crippen LogP contribution in [-0.2, 0) is 0 Å². The Morgan fingerprint density at radius 2 is 1.58 bits per heavy atom. The summed E-state index contributed by atoms with van der Waals surface area (Å²) >= 11 is 0. The van der Waals surface area contributed by atoms with Crippen molar-refractivity contribution >= 4 is 16.8 Å². The van der Waals surface area contributed by atoms with Gasteiger partial charge >= 0.3 is 0 Å². The molecule has 3 aromatic rings. The molecule has 1 unspecified atom stereocenters. The number of carbonyl (C=O) groups is 1. The van der Waals surface area contributed by atoms with Crippen molar-refractivity contribution in [3.8, 4) is 11.3 Å². The number of hydrogen-bond donors (Lipinski definition) is 1. The molecule has 2 aromatic carbocycles. The Morgan fingerprint density at radius 3 is 2.15 bits per heavy atom. The molecule has 3 rings (SSSR count). The van der Waals surface area contributed by atoms with Gasteiger partial charge in [-0.25, -0.2) is 4.98 Å². The molecule has 176 valence electrons. The first-order chi connectivity index (χ1) is 15.8. The number of amides is 1. The Hall–Kier alpha value is -2.76. The monoisotopic (exact) mass is 447 g/mol. The van der Waals surface area contributed by atoms with E-state index in [-0.39, 0.29) is 18.0 Å². The van der Waals surface area contributed by atoms with Crippen LogP contribution in [0.15, 0.2) is 54.6 Å². The predicted octanol–water partition coefficient (Wildman–Crippen LogP) is 5.54. The molecule has 0 radical (unpaired) electrons. The van der Waals surface area contributed by atoms with E-state index in [1.54, 1.807) is 0 Å². The van der Waals surface area contributed by atoms with E-state index >= 15 is 0 Å². The molecule has 0 spiro atoms. The van der Waals surface area contributed by atoms with Gasteiger partial charge in [0.05, 0.1) is 22.9 Å². The molecule has 0 saturated heterocycles. The highest BCUT2D eigenvalue weighted by Gasteiger charge is 2.25. The number of pyridine rings is 1. The minimum absolute atomic E-state index is 0.0139. The van der Waals surface area contributed by atoms with E-state index in [0.29, 0.717) is 12.1 Å². The molecule has 1 N–H and O–H groups in total. The van der Waals surface area contributed by atoms with Crippen molar-refractivity contribution in [2.24, 2.45) is 0 Å². The highest BCUT2D eigenvalue weighted by molar-refractivity contribution is 6.07. The van der Waals surface area contributed by atoms with Crippen LogP contribution in [0.1, 0.15) is 63.6 Å². The first-order valence-corrected chi connectivity index (χ1v) is 12.0. The van der Waals surface area contributed by atoms with Gasteiger partial charge in [-0.2, -0.15) is 0 Å². The summed E-state index contributed by atoms with van der Waals surface area (Å²) in [7, 11) is 0. The molecule has 1 amide bonds. The summed E-state index contributed by atoms with van der Waals surface area (Å²) in [5.41, 5.74) is 3.93. The number of likely N-dealkylation sites (N-methyl/N-ethyl adjacent to an activating group) is 1. The Morgan fingerprint density at radius 1 is 0.939 bits per heavy atom. The lowest BCUT2D eigenvalue weighted by atomic mass is 9.98. The highest BCUT2D eigenvalue weighted by Crippen LogP contribution is 2.29. The van der Waals surface area contributed by atoms with Gasteiger partial charge in [0.2, 0.25) is 0 Å². The molecule has 0 bridgehead atoms. The second-order valence-electron chi connectivity index (χ2n) is 9.10. The number of hydrogen-bond acceptors (Lipinski definition) is 4. The van der Waals surface area contributed by atoms with Crippen molar-refractivity contribution in [1.82, 2.24) is 14.8 Å². The fourth-order valence-electron chi connectivity index (χ4n) is 4.42. The van der Waals surface area contributed by atoms with Gasteiger partial charge in [-0.1, -0.05) is 50.2 Å². The van der Waals surface area contributed by atoms with Gasteiger partial charge in [0, 0.05) is 29.6 Å². The molecule has 1 atom stereocenters. The van der Waals surface area contributed by atoms with Crippen molar-refractivity contribution in [2.75, 3.05) is 19.6 Å². The topological polar surface area (TPSA) is 56.7 Å². The van der Waals surface area contributed by atoms with Crippen LogP contribution in [-0.4, -0.2) is 57.5 Å². The minimum atomic E-state index is -0.627. The molecule has 1 heterocycles.